The van der Waals surface area contributed by atoms with Gasteiger partial charge in [0.25, 0.3) is 5.91 Å². The van der Waals surface area contributed by atoms with Gasteiger partial charge in [0.15, 0.2) is 5.78 Å². The number of rotatable bonds is 14. The van der Waals surface area contributed by atoms with E-state index in [-0.39, 0.29) is 23.7 Å². The van der Waals surface area contributed by atoms with Crippen LogP contribution in [0.4, 0.5) is 0 Å². The minimum absolute atomic E-state index is 0.0225. The van der Waals surface area contributed by atoms with Crippen molar-refractivity contribution in [2.24, 2.45) is 0 Å². The highest BCUT2D eigenvalue weighted by atomic mass is 33.1. The zero-order chi connectivity index (χ0) is 20.1. The average Bonchev–Trinajstić information content (AvgIpc) is 2.63. The molecule has 0 aliphatic carbocycles. The van der Waals surface area contributed by atoms with Crippen molar-refractivity contribution < 1.29 is 14.3 Å². The zero-order valence-electron chi connectivity index (χ0n) is 16.2. The molecule has 3 N–H and O–H groups in total. The lowest BCUT2D eigenvalue weighted by Crippen LogP contribution is -2.31. The molecular weight excluding hydrogens is 382 g/mol. The Hall–Kier alpha value is -1.48. The molecule has 6 nitrogen and oxygen atoms in total. The largest absolute Gasteiger partial charge is 0.387 e. The number of ether oxygens (including phenoxy) is 1. The molecule has 8 heteroatoms. The lowest BCUT2D eigenvalue weighted by molar-refractivity contribution is -0.121. The molecular formula is C19H29N3O3S2. The Morgan fingerprint density at radius 2 is 1.78 bits per heavy atom. The standard InChI is InChI=1S/C19H29N3O3S2/c1-14(2)20-9-10-21-18(24)16-5-7-17(8-6-16)19(27-26-4)22-11-12-25-13-15(3)23/h5-8,19-20,22H,1,9-13H2,2-4H3,(H,21,24). The molecule has 27 heavy (non-hydrogen) atoms. The van der Waals surface area contributed by atoms with E-state index in [9.17, 15) is 9.59 Å². The van der Waals surface area contributed by atoms with Crippen LogP contribution in [0.5, 0.6) is 0 Å². The number of hydrogen-bond donors (Lipinski definition) is 3. The van der Waals surface area contributed by atoms with Gasteiger partial charge >= 0.3 is 0 Å². The Bertz CT molecular complexity index is 609. The number of amides is 1. The fourth-order valence-corrected chi connectivity index (χ4v) is 3.91. The molecule has 1 rings (SSSR count). The van der Waals surface area contributed by atoms with Crippen LogP contribution in [0.25, 0.3) is 0 Å². The van der Waals surface area contributed by atoms with E-state index in [1.54, 1.807) is 21.6 Å². The highest BCUT2D eigenvalue weighted by Gasteiger charge is 2.12. The second-order valence-electron chi connectivity index (χ2n) is 5.94. The van der Waals surface area contributed by atoms with Gasteiger partial charge in [-0.2, -0.15) is 0 Å². The van der Waals surface area contributed by atoms with Crippen molar-refractivity contribution in [3.8, 4) is 0 Å². The topological polar surface area (TPSA) is 79.5 Å². The maximum absolute atomic E-state index is 12.2. The molecule has 1 atom stereocenters. The molecule has 1 unspecified atom stereocenters. The third-order valence-corrected chi connectivity index (χ3v) is 5.37. The second kappa shape index (κ2) is 13.7. The summed E-state index contributed by atoms with van der Waals surface area (Å²) in [5, 5.41) is 9.43. The Morgan fingerprint density at radius 3 is 2.37 bits per heavy atom. The number of hydrogen-bond acceptors (Lipinski definition) is 7. The van der Waals surface area contributed by atoms with Crippen molar-refractivity contribution in [2.75, 3.05) is 39.1 Å². The van der Waals surface area contributed by atoms with Gasteiger partial charge in [-0.15, -0.1) is 0 Å². The number of allylic oxidation sites excluding steroid dienone is 1. The highest BCUT2D eigenvalue weighted by molar-refractivity contribution is 8.76. The number of carbonyl (C=O) groups is 2. The van der Waals surface area contributed by atoms with Crippen molar-refractivity contribution in [3.63, 3.8) is 0 Å². The van der Waals surface area contributed by atoms with Gasteiger partial charge in [-0.25, -0.2) is 0 Å². The van der Waals surface area contributed by atoms with Gasteiger partial charge in [-0.3, -0.25) is 14.9 Å². The molecule has 0 heterocycles. The van der Waals surface area contributed by atoms with Gasteiger partial charge in [0.1, 0.15) is 6.61 Å². The first kappa shape index (κ1) is 23.6. The molecule has 150 valence electrons. The van der Waals surface area contributed by atoms with Gasteiger partial charge in [0, 0.05) is 30.9 Å². The Kier molecular flexibility index (Phi) is 11.9. The normalized spacial score (nSPS) is 11.7. The number of ketones is 1. The molecule has 0 bridgehead atoms. The van der Waals surface area contributed by atoms with Crippen LogP contribution in [0.3, 0.4) is 0 Å². The van der Waals surface area contributed by atoms with E-state index in [2.05, 4.69) is 22.5 Å². The summed E-state index contributed by atoms with van der Waals surface area (Å²) in [6, 6.07) is 7.58. The van der Waals surface area contributed by atoms with Gasteiger partial charge in [-0.05, 0) is 37.8 Å². The smallest absolute Gasteiger partial charge is 0.251 e. The van der Waals surface area contributed by atoms with Gasteiger partial charge in [0.05, 0.1) is 12.0 Å². The molecule has 0 radical (unpaired) electrons. The first-order valence-corrected chi connectivity index (χ1v) is 11.3. The van der Waals surface area contributed by atoms with Gasteiger partial charge in [0.2, 0.25) is 0 Å². The summed E-state index contributed by atoms with van der Waals surface area (Å²) in [6.07, 6.45) is 2.02. The molecule has 1 aromatic rings. The average molecular weight is 412 g/mol. The maximum atomic E-state index is 12.2. The van der Waals surface area contributed by atoms with Crippen molar-refractivity contribution in [1.82, 2.24) is 16.0 Å². The van der Waals surface area contributed by atoms with Gasteiger partial charge in [-0.1, -0.05) is 40.3 Å². The van der Waals surface area contributed by atoms with E-state index >= 15 is 0 Å². The predicted octanol–water partition coefficient (Wildman–Crippen LogP) is 2.74. The minimum Gasteiger partial charge on any atom is -0.387 e. The number of carbonyl (C=O) groups excluding carboxylic acids is 2. The summed E-state index contributed by atoms with van der Waals surface area (Å²) in [7, 11) is 3.36. The fourth-order valence-electron chi connectivity index (χ4n) is 2.15. The molecule has 0 saturated heterocycles. The van der Waals surface area contributed by atoms with Crippen molar-refractivity contribution >= 4 is 33.3 Å². The number of nitrogens with one attached hydrogen (secondary N) is 3. The summed E-state index contributed by atoms with van der Waals surface area (Å²) < 4.78 is 5.28. The second-order valence-corrected chi connectivity index (χ2v) is 8.51. The molecule has 0 aliphatic rings. The Labute approximate surface area is 169 Å². The van der Waals surface area contributed by atoms with Crippen molar-refractivity contribution in [2.45, 2.75) is 19.2 Å². The minimum atomic E-state index is -0.0928. The van der Waals surface area contributed by atoms with Crippen LogP contribution in [-0.4, -0.2) is 50.8 Å². The maximum Gasteiger partial charge on any atom is 0.251 e. The van der Waals surface area contributed by atoms with E-state index in [0.29, 0.717) is 31.8 Å². The monoisotopic (exact) mass is 411 g/mol. The Morgan fingerprint density at radius 1 is 1.11 bits per heavy atom. The van der Waals surface area contributed by atoms with E-state index < -0.39 is 0 Å². The number of benzene rings is 1. The van der Waals surface area contributed by atoms with Crippen LogP contribution in [0.1, 0.15) is 35.1 Å². The summed E-state index contributed by atoms with van der Waals surface area (Å²) in [5.41, 5.74) is 2.60. The molecule has 1 aromatic carbocycles. The van der Waals surface area contributed by atoms with Crippen LogP contribution in [0.15, 0.2) is 36.5 Å². The summed E-state index contributed by atoms with van der Waals surface area (Å²) in [6.45, 7) is 9.61. The van der Waals surface area contributed by atoms with E-state index in [1.807, 2.05) is 37.4 Å². The van der Waals surface area contributed by atoms with Crippen LogP contribution in [-0.2, 0) is 9.53 Å². The summed E-state index contributed by atoms with van der Waals surface area (Å²) in [4.78, 5) is 23.0. The summed E-state index contributed by atoms with van der Waals surface area (Å²) in [5.74, 6) is -0.0703. The van der Waals surface area contributed by atoms with Crippen LogP contribution in [0, 0.1) is 0 Å². The van der Waals surface area contributed by atoms with E-state index in [1.165, 1.54) is 6.92 Å². The van der Waals surface area contributed by atoms with Gasteiger partial charge < -0.3 is 15.4 Å². The molecule has 0 aliphatic heterocycles. The van der Waals surface area contributed by atoms with Crippen molar-refractivity contribution in [3.05, 3.63) is 47.7 Å². The lowest BCUT2D eigenvalue weighted by atomic mass is 10.1. The molecule has 1 amide bonds. The highest BCUT2D eigenvalue weighted by Crippen LogP contribution is 2.34. The molecule has 0 fully saturated rings. The van der Waals surface area contributed by atoms with E-state index in [0.717, 1.165) is 11.3 Å². The predicted molar refractivity (Wildman–Crippen MR) is 115 cm³/mol. The van der Waals surface area contributed by atoms with Crippen LogP contribution in [0.2, 0.25) is 0 Å². The van der Waals surface area contributed by atoms with Crippen molar-refractivity contribution in [1.29, 1.82) is 0 Å². The zero-order valence-corrected chi connectivity index (χ0v) is 17.8. The SMILES string of the molecule is C=C(C)NCCNC(=O)c1ccc(C(NCCOCC(C)=O)SSC)cc1. The third kappa shape index (κ3) is 10.4. The fraction of sp³-hybridized carbons (Fsp3) is 0.474. The third-order valence-electron chi connectivity index (χ3n) is 3.39. The lowest BCUT2D eigenvalue weighted by Gasteiger charge is -2.18. The molecule has 0 saturated carbocycles. The molecule has 0 spiro atoms. The van der Waals surface area contributed by atoms with Crippen LogP contribution < -0.4 is 16.0 Å². The first-order chi connectivity index (χ1) is 12.9. The number of Topliss-reactive ketones (excluding diaryl/α,β-unsaturated/α-hetero) is 1. The first-order valence-electron chi connectivity index (χ1n) is 8.71. The van der Waals surface area contributed by atoms with E-state index in [4.69, 9.17) is 4.74 Å². The van der Waals surface area contributed by atoms with Crippen LogP contribution >= 0.6 is 21.6 Å². The Balaban J connectivity index is 2.50. The molecule has 0 aromatic heterocycles. The quantitative estimate of drug-likeness (QED) is 0.247. The summed E-state index contributed by atoms with van der Waals surface area (Å²) >= 11 is 0.